The fraction of sp³-hybridized carbons (Fsp3) is 0.167. The Balaban J connectivity index is 2.04. The maximum atomic E-state index is 6.26. The molecule has 0 fully saturated rings. The van der Waals surface area contributed by atoms with Gasteiger partial charge < -0.3 is 8.98 Å². The van der Waals surface area contributed by atoms with Gasteiger partial charge in [-0.3, -0.25) is 0 Å². The molecule has 0 saturated heterocycles. The predicted octanol–water partition coefficient (Wildman–Crippen LogP) is 7.06. The van der Waals surface area contributed by atoms with Crippen molar-refractivity contribution in [3.63, 3.8) is 0 Å². The molecule has 0 saturated carbocycles. The van der Waals surface area contributed by atoms with E-state index in [2.05, 4.69) is 18.4 Å². The molecule has 25 heavy (non-hydrogen) atoms. The third-order valence-corrected chi connectivity index (χ3v) is 6.48. The van der Waals surface area contributed by atoms with E-state index in [1.54, 1.807) is 28.9 Å². The van der Waals surface area contributed by atoms with Crippen LogP contribution in [0.5, 0.6) is 0 Å². The minimum Gasteiger partial charge on any atom is -0.461 e. The monoisotopic (exact) mass is 408 g/mol. The normalized spacial score (nSPS) is 11.4. The number of imidazole rings is 1. The van der Waals surface area contributed by atoms with Gasteiger partial charge in [-0.05, 0) is 38.1 Å². The van der Waals surface area contributed by atoms with Gasteiger partial charge in [-0.15, -0.1) is 22.7 Å². The van der Waals surface area contributed by atoms with E-state index in [1.165, 1.54) is 0 Å². The molecule has 0 aliphatic carbocycles. The molecular formula is C18H14Cl2N2OS2. The van der Waals surface area contributed by atoms with E-state index in [4.69, 9.17) is 32.6 Å². The quantitative estimate of drug-likeness (QED) is 0.363. The molecule has 128 valence electrons. The van der Waals surface area contributed by atoms with E-state index in [-0.39, 0.29) is 0 Å². The molecule has 0 atom stereocenters. The first-order chi connectivity index (χ1) is 12.0. The highest BCUT2D eigenvalue weighted by Gasteiger charge is 2.24. The van der Waals surface area contributed by atoms with Crippen LogP contribution in [0.4, 0.5) is 0 Å². The van der Waals surface area contributed by atoms with Crippen LogP contribution >= 0.6 is 45.9 Å². The lowest BCUT2D eigenvalue weighted by Gasteiger charge is -2.06. The molecule has 0 bridgehead atoms. The Kier molecular flexibility index (Phi) is 4.28. The Morgan fingerprint density at radius 2 is 1.68 bits per heavy atom. The fourth-order valence-corrected chi connectivity index (χ4v) is 5.36. The van der Waals surface area contributed by atoms with Crippen LogP contribution in [0.2, 0.25) is 8.67 Å². The summed E-state index contributed by atoms with van der Waals surface area (Å²) >= 11 is 15.6. The van der Waals surface area contributed by atoms with Crippen molar-refractivity contribution in [3.8, 4) is 34.1 Å². The maximum absolute atomic E-state index is 6.26. The highest BCUT2D eigenvalue weighted by molar-refractivity contribution is 7.17. The number of hydrogen-bond acceptors (Lipinski definition) is 4. The smallest absolute Gasteiger partial charge is 0.177 e. The van der Waals surface area contributed by atoms with Gasteiger partial charge in [0.05, 0.1) is 26.3 Å². The lowest BCUT2D eigenvalue weighted by atomic mass is 10.1. The average molecular weight is 409 g/mol. The molecule has 0 unspecified atom stereocenters. The van der Waals surface area contributed by atoms with Crippen LogP contribution < -0.4 is 0 Å². The van der Waals surface area contributed by atoms with Crippen molar-refractivity contribution in [3.05, 3.63) is 49.0 Å². The Morgan fingerprint density at radius 1 is 1.04 bits per heavy atom. The lowest BCUT2D eigenvalue weighted by molar-refractivity contribution is 0.574. The van der Waals surface area contributed by atoms with Gasteiger partial charge in [0, 0.05) is 27.9 Å². The second kappa shape index (κ2) is 6.32. The number of aromatic nitrogens is 2. The van der Waals surface area contributed by atoms with Crippen molar-refractivity contribution in [1.82, 2.24) is 9.55 Å². The average Bonchev–Trinajstić information content (AvgIpc) is 3.28. The molecule has 7 heteroatoms. The standard InChI is InChI=1S/C18H14Cl2N2OS2/c1-9-11(7-14(19)24-9)16-17(12-8-15(20)25-10(12)2)22(3)18(21-16)13-5-4-6-23-13/h4-8H,1-3H3. The van der Waals surface area contributed by atoms with Gasteiger partial charge in [0.15, 0.2) is 11.6 Å². The molecule has 4 rings (SSSR count). The van der Waals surface area contributed by atoms with Gasteiger partial charge in [-0.2, -0.15) is 0 Å². The Hall–Kier alpha value is -1.53. The first-order valence-electron chi connectivity index (χ1n) is 7.59. The summed E-state index contributed by atoms with van der Waals surface area (Å²) in [6.45, 7) is 4.13. The van der Waals surface area contributed by atoms with Crippen molar-refractivity contribution in [2.75, 3.05) is 0 Å². The van der Waals surface area contributed by atoms with Crippen molar-refractivity contribution >= 4 is 45.9 Å². The molecule has 3 nitrogen and oxygen atoms in total. The number of furan rings is 1. The zero-order chi connectivity index (χ0) is 17.7. The molecule has 0 radical (unpaired) electrons. The molecule has 0 aliphatic rings. The van der Waals surface area contributed by atoms with E-state index in [1.807, 2.05) is 31.3 Å². The third-order valence-electron chi connectivity index (χ3n) is 4.12. The van der Waals surface area contributed by atoms with Crippen LogP contribution in [0, 0.1) is 13.8 Å². The lowest BCUT2D eigenvalue weighted by Crippen LogP contribution is -1.95. The fourth-order valence-electron chi connectivity index (χ4n) is 2.98. The summed E-state index contributed by atoms with van der Waals surface area (Å²) in [5, 5.41) is 0. The van der Waals surface area contributed by atoms with Crippen LogP contribution in [0.15, 0.2) is 34.9 Å². The molecule has 0 aliphatic heterocycles. The molecule has 4 aromatic heterocycles. The first-order valence-corrected chi connectivity index (χ1v) is 9.97. The number of hydrogen-bond donors (Lipinski definition) is 0. The van der Waals surface area contributed by atoms with E-state index in [0.717, 1.165) is 52.5 Å². The number of aryl methyl sites for hydroxylation is 2. The summed E-state index contributed by atoms with van der Waals surface area (Å²) in [6.07, 6.45) is 1.66. The zero-order valence-electron chi connectivity index (χ0n) is 13.8. The molecule has 0 N–H and O–H groups in total. The van der Waals surface area contributed by atoms with Gasteiger partial charge >= 0.3 is 0 Å². The number of halogens is 2. The summed E-state index contributed by atoms with van der Waals surface area (Å²) < 4.78 is 9.16. The highest BCUT2D eigenvalue weighted by Crippen LogP contribution is 2.43. The maximum Gasteiger partial charge on any atom is 0.177 e. The summed E-state index contributed by atoms with van der Waals surface area (Å²) in [7, 11) is 2.00. The van der Waals surface area contributed by atoms with Crippen molar-refractivity contribution in [1.29, 1.82) is 0 Å². The summed E-state index contributed by atoms with van der Waals surface area (Å²) in [5.74, 6) is 1.51. The van der Waals surface area contributed by atoms with Crippen LogP contribution in [0.25, 0.3) is 34.1 Å². The topological polar surface area (TPSA) is 31.0 Å². The minimum absolute atomic E-state index is 0.730. The first kappa shape index (κ1) is 16.9. The van der Waals surface area contributed by atoms with Crippen LogP contribution in [-0.2, 0) is 7.05 Å². The number of thiophene rings is 2. The van der Waals surface area contributed by atoms with Gasteiger partial charge in [0.25, 0.3) is 0 Å². The van der Waals surface area contributed by atoms with Crippen molar-refractivity contribution in [2.45, 2.75) is 13.8 Å². The largest absolute Gasteiger partial charge is 0.461 e. The second-order valence-electron chi connectivity index (χ2n) is 5.71. The summed E-state index contributed by atoms with van der Waals surface area (Å²) in [4.78, 5) is 7.19. The van der Waals surface area contributed by atoms with Gasteiger partial charge in [-0.25, -0.2) is 4.98 Å². The Bertz CT molecular complexity index is 1060. The number of nitrogens with zero attached hydrogens (tertiary/aromatic N) is 2. The van der Waals surface area contributed by atoms with Gasteiger partial charge in [0.1, 0.15) is 0 Å². The molecule has 4 aromatic rings. The van der Waals surface area contributed by atoms with E-state index in [9.17, 15) is 0 Å². The highest BCUT2D eigenvalue weighted by atomic mass is 35.5. The molecule has 0 amide bonds. The van der Waals surface area contributed by atoms with Crippen LogP contribution in [0.3, 0.4) is 0 Å². The van der Waals surface area contributed by atoms with Crippen molar-refractivity contribution in [2.24, 2.45) is 7.05 Å². The third kappa shape index (κ3) is 2.85. The second-order valence-corrected chi connectivity index (χ2v) is 9.48. The van der Waals surface area contributed by atoms with Crippen LogP contribution in [0.1, 0.15) is 9.75 Å². The van der Waals surface area contributed by atoms with E-state index in [0.29, 0.717) is 0 Å². The summed E-state index contributed by atoms with van der Waals surface area (Å²) in [6, 6.07) is 7.75. The van der Waals surface area contributed by atoms with E-state index >= 15 is 0 Å². The Labute approximate surface area is 163 Å². The van der Waals surface area contributed by atoms with Gasteiger partial charge in [-0.1, -0.05) is 23.2 Å². The van der Waals surface area contributed by atoms with Crippen molar-refractivity contribution < 1.29 is 4.42 Å². The van der Waals surface area contributed by atoms with Gasteiger partial charge in [0.2, 0.25) is 0 Å². The van der Waals surface area contributed by atoms with E-state index < -0.39 is 0 Å². The zero-order valence-corrected chi connectivity index (χ0v) is 16.9. The number of rotatable bonds is 3. The van der Waals surface area contributed by atoms with Crippen LogP contribution in [-0.4, -0.2) is 9.55 Å². The predicted molar refractivity (Wildman–Crippen MR) is 107 cm³/mol. The minimum atomic E-state index is 0.730. The Morgan fingerprint density at radius 3 is 2.20 bits per heavy atom. The SMILES string of the molecule is Cc1sc(Cl)cc1-c1nc(-c2ccco2)n(C)c1-c1cc(Cl)sc1C. The molecule has 0 aromatic carbocycles. The molecular weight excluding hydrogens is 395 g/mol. The molecule has 4 heterocycles. The summed E-state index contributed by atoms with van der Waals surface area (Å²) in [5.41, 5.74) is 4.04. The molecule has 0 spiro atoms.